The molecule has 0 aliphatic heterocycles. The average Bonchev–Trinajstić information content (AvgIpc) is 2.74. The zero-order valence-corrected chi connectivity index (χ0v) is 8.31. The number of anilines is 1. The molecule has 0 heterocycles. The molecule has 78 valence electrons. The minimum absolute atomic E-state index is 0.0469. The van der Waals surface area contributed by atoms with Gasteiger partial charge >= 0.3 is 0 Å². The quantitative estimate of drug-likeness (QED) is 0.572. The molecule has 1 aromatic carbocycles. The van der Waals surface area contributed by atoms with E-state index >= 15 is 0 Å². The van der Waals surface area contributed by atoms with Gasteiger partial charge in [0, 0.05) is 11.6 Å². The van der Waals surface area contributed by atoms with Crippen molar-refractivity contribution < 1.29 is 9.90 Å². The van der Waals surface area contributed by atoms with Gasteiger partial charge in [-0.2, -0.15) is 0 Å². The van der Waals surface area contributed by atoms with E-state index in [1.165, 1.54) is 0 Å². The highest BCUT2D eigenvalue weighted by Crippen LogP contribution is 2.20. The van der Waals surface area contributed by atoms with Gasteiger partial charge in [-0.25, -0.2) is 0 Å². The summed E-state index contributed by atoms with van der Waals surface area (Å²) in [4.78, 5) is 11.7. The van der Waals surface area contributed by atoms with Crippen LogP contribution in [-0.2, 0) is 4.79 Å². The Balaban J connectivity index is 1.96. The number of rotatable bonds is 2. The van der Waals surface area contributed by atoms with E-state index in [-0.39, 0.29) is 17.6 Å². The lowest BCUT2D eigenvalue weighted by Gasteiger charge is -2.10. The fourth-order valence-corrected chi connectivity index (χ4v) is 1.62. The molecule has 15 heavy (non-hydrogen) atoms. The Morgan fingerprint density at radius 1 is 1.20 bits per heavy atom. The standard InChI is InChI=1S/C12H13NO2/c14-11-7-5-10(6-8-11)13-12(15)9-3-1-2-4-9/h1-2,5-9,14H,3-4H2,(H,13,15). The summed E-state index contributed by atoms with van der Waals surface area (Å²) in [6.07, 6.45) is 5.70. The largest absolute Gasteiger partial charge is 0.508 e. The Morgan fingerprint density at radius 3 is 2.40 bits per heavy atom. The van der Waals surface area contributed by atoms with Crippen LogP contribution in [0.3, 0.4) is 0 Å². The Labute approximate surface area is 88.4 Å². The number of aromatic hydroxyl groups is 1. The first kappa shape index (κ1) is 9.77. The Hall–Kier alpha value is -1.77. The van der Waals surface area contributed by atoms with Gasteiger partial charge in [0.1, 0.15) is 5.75 Å². The summed E-state index contributed by atoms with van der Waals surface area (Å²) in [7, 11) is 0. The van der Waals surface area contributed by atoms with E-state index in [1.54, 1.807) is 24.3 Å². The van der Waals surface area contributed by atoms with E-state index in [9.17, 15) is 4.79 Å². The molecule has 1 aliphatic carbocycles. The predicted molar refractivity (Wildman–Crippen MR) is 58.6 cm³/mol. The van der Waals surface area contributed by atoms with Gasteiger partial charge in [-0.1, -0.05) is 12.2 Å². The molecule has 0 aromatic heterocycles. The van der Waals surface area contributed by atoms with Crippen LogP contribution in [0.5, 0.6) is 5.75 Å². The van der Waals surface area contributed by atoms with E-state index in [4.69, 9.17) is 5.11 Å². The summed E-state index contributed by atoms with van der Waals surface area (Å²) in [5, 5.41) is 11.9. The number of phenols is 1. The van der Waals surface area contributed by atoms with Crippen LogP contribution in [0.1, 0.15) is 12.8 Å². The second-order valence-electron chi connectivity index (χ2n) is 3.68. The molecule has 3 heteroatoms. The van der Waals surface area contributed by atoms with Gasteiger partial charge in [-0.15, -0.1) is 0 Å². The van der Waals surface area contributed by atoms with E-state index in [0.717, 1.165) is 18.5 Å². The zero-order chi connectivity index (χ0) is 10.7. The molecule has 0 fully saturated rings. The van der Waals surface area contributed by atoms with E-state index in [1.807, 2.05) is 12.2 Å². The maximum absolute atomic E-state index is 11.7. The van der Waals surface area contributed by atoms with Gasteiger partial charge in [0.2, 0.25) is 5.91 Å². The van der Waals surface area contributed by atoms with Crippen molar-refractivity contribution in [2.24, 2.45) is 5.92 Å². The van der Waals surface area contributed by atoms with Gasteiger partial charge in [-0.05, 0) is 37.1 Å². The number of amides is 1. The molecule has 3 nitrogen and oxygen atoms in total. The van der Waals surface area contributed by atoms with Crippen LogP contribution in [0.2, 0.25) is 0 Å². The van der Waals surface area contributed by atoms with Crippen LogP contribution >= 0.6 is 0 Å². The Morgan fingerprint density at radius 2 is 1.80 bits per heavy atom. The molecule has 2 N–H and O–H groups in total. The second kappa shape index (κ2) is 4.17. The third kappa shape index (κ3) is 2.37. The third-order valence-electron chi connectivity index (χ3n) is 2.51. The zero-order valence-electron chi connectivity index (χ0n) is 8.31. The monoisotopic (exact) mass is 203 g/mol. The second-order valence-corrected chi connectivity index (χ2v) is 3.68. The normalized spacial score (nSPS) is 15.5. The predicted octanol–water partition coefficient (Wildman–Crippen LogP) is 2.30. The van der Waals surface area contributed by atoms with Crippen molar-refractivity contribution >= 4 is 11.6 Å². The molecule has 0 unspecified atom stereocenters. The lowest BCUT2D eigenvalue weighted by atomic mass is 10.1. The summed E-state index contributed by atoms with van der Waals surface area (Å²) in [6.45, 7) is 0. The van der Waals surface area contributed by atoms with Crippen molar-refractivity contribution in [3.8, 4) is 5.75 Å². The maximum atomic E-state index is 11.7. The molecule has 2 rings (SSSR count). The topological polar surface area (TPSA) is 49.3 Å². The third-order valence-corrected chi connectivity index (χ3v) is 2.51. The van der Waals surface area contributed by atoms with Crippen LogP contribution in [0.15, 0.2) is 36.4 Å². The lowest BCUT2D eigenvalue weighted by Crippen LogP contribution is -2.20. The number of hydrogen-bond donors (Lipinski definition) is 2. The lowest BCUT2D eigenvalue weighted by molar-refractivity contribution is -0.119. The minimum atomic E-state index is 0.0469. The van der Waals surface area contributed by atoms with Gasteiger partial charge in [-0.3, -0.25) is 4.79 Å². The fourth-order valence-electron chi connectivity index (χ4n) is 1.62. The summed E-state index contributed by atoms with van der Waals surface area (Å²) >= 11 is 0. The average molecular weight is 203 g/mol. The summed E-state index contributed by atoms with van der Waals surface area (Å²) in [6, 6.07) is 6.50. The first-order valence-electron chi connectivity index (χ1n) is 5.00. The molecular formula is C12H13NO2. The molecule has 0 atom stereocenters. The van der Waals surface area contributed by atoms with E-state index in [2.05, 4.69) is 5.32 Å². The summed E-state index contributed by atoms with van der Waals surface area (Å²) in [5.74, 6) is 0.319. The highest BCUT2D eigenvalue weighted by molar-refractivity contribution is 5.93. The number of benzene rings is 1. The molecule has 0 bridgehead atoms. The molecule has 1 amide bonds. The highest BCUT2D eigenvalue weighted by atomic mass is 16.3. The van der Waals surface area contributed by atoms with Crippen molar-refractivity contribution in [2.45, 2.75) is 12.8 Å². The molecule has 1 aromatic rings. The Kier molecular flexibility index (Phi) is 2.72. The van der Waals surface area contributed by atoms with Gasteiger partial charge in [0.15, 0.2) is 0 Å². The first-order chi connectivity index (χ1) is 7.25. The van der Waals surface area contributed by atoms with Crippen LogP contribution in [0.25, 0.3) is 0 Å². The SMILES string of the molecule is O=C(Nc1ccc(O)cc1)C1CC=CC1. The molecular weight excluding hydrogens is 190 g/mol. The smallest absolute Gasteiger partial charge is 0.228 e. The number of nitrogens with one attached hydrogen (secondary N) is 1. The van der Waals surface area contributed by atoms with Gasteiger partial charge in [0.05, 0.1) is 0 Å². The number of phenolic OH excluding ortho intramolecular Hbond substituents is 1. The van der Waals surface area contributed by atoms with Gasteiger partial charge in [0.25, 0.3) is 0 Å². The summed E-state index contributed by atoms with van der Waals surface area (Å²) in [5.41, 5.74) is 0.727. The number of carbonyl (C=O) groups excluding carboxylic acids is 1. The molecule has 0 spiro atoms. The molecule has 0 saturated carbocycles. The van der Waals surface area contributed by atoms with Crippen LogP contribution in [-0.4, -0.2) is 11.0 Å². The maximum Gasteiger partial charge on any atom is 0.228 e. The number of carbonyl (C=O) groups is 1. The van der Waals surface area contributed by atoms with Crippen LogP contribution in [0, 0.1) is 5.92 Å². The molecule has 0 saturated heterocycles. The first-order valence-corrected chi connectivity index (χ1v) is 5.00. The van der Waals surface area contributed by atoms with E-state index < -0.39 is 0 Å². The van der Waals surface area contributed by atoms with Crippen molar-refractivity contribution in [3.05, 3.63) is 36.4 Å². The Bertz CT molecular complexity index is 373. The van der Waals surface area contributed by atoms with Gasteiger partial charge < -0.3 is 10.4 Å². The number of allylic oxidation sites excluding steroid dienone is 2. The van der Waals surface area contributed by atoms with Crippen molar-refractivity contribution in [1.29, 1.82) is 0 Å². The van der Waals surface area contributed by atoms with Crippen molar-refractivity contribution in [3.63, 3.8) is 0 Å². The fraction of sp³-hybridized carbons (Fsp3) is 0.250. The minimum Gasteiger partial charge on any atom is -0.508 e. The van der Waals surface area contributed by atoms with Crippen molar-refractivity contribution in [1.82, 2.24) is 0 Å². The molecule has 1 aliphatic rings. The number of hydrogen-bond acceptors (Lipinski definition) is 2. The summed E-state index contributed by atoms with van der Waals surface area (Å²) < 4.78 is 0. The van der Waals surface area contributed by atoms with Crippen LogP contribution in [0.4, 0.5) is 5.69 Å². The van der Waals surface area contributed by atoms with Crippen LogP contribution < -0.4 is 5.32 Å². The van der Waals surface area contributed by atoms with Crippen molar-refractivity contribution in [2.75, 3.05) is 5.32 Å². The highest BCUT2D eigenvalue weighted by Gasteiger charge is 2.18. The molecule has 0 radical (unpaired) electrons. The van der Waals surface area contributed by atoms with E-state index in [0.29, 0.717) is 0 Å².